The van der Waals surface area contributed by atoms with E-state index in [9.17, 15) is 13.6 Å². The molecular weight excluding hydrogens is 217 g/mol. The van der Waals surface area contributed by atoms with Crippen molar-refractivity contribution in [1.29, 1.82) is 0 Å². The second-order valence-electron chi connectivity index (χ2n) is 3.75. The Labute approximate surface area is 91.9 Å². The minimum absolute atomic E-state index is 0.324. The lowest BCUT2D eigenvalue weighted by atomic mass is 9.79. The van der Waals surface area contributed by atoms with Gasteiger partial charge in [0.05, 0.1) is 5.56 Å². The van der Waals surface area contributed by atoms with E-state index in [1.54, 1.807) is 0 Å². The van der Waals surface area contributed by atoms with Crippen LogP contribution in [0.5, 0.6) is 0 Å². The van der Waals surface area contributed by atoms with Crippen LogP contribution in [-0.2, 0) is 0 Å². The lowest BCUT2D eigenvalue weighted by Gasteiger charge is -2.08. The van der Waals surface area contributed by atoms with Gasteiger partial charge in [0.15, 0.2) is 5.78 Å². The molecule has 2 N–H and O–H groups in total. The maximum Gasteiger partial charge on any atom is 0.488 e. The van der Waals surface area contributed by atoms with Crippen LogP contribution >= 0.6 is 0 Å². The number of rotatable bonds is 3. The molecule has 0 atom stereocenters. The first-order valence-electron chi connectivity index (χ1n) is 4.74. The van der Waals surface area contributed by atoms with Gasteiger partial charge in [0.1, 0.15) is 11.6 Å². The van der Waals surface area contributed by atoms with Gasteiger partial charge in [-0.15, -0.1) is 0 Å². The molecular formula is C10H11BF2O3. The fourth-order valence-electron chi connectivity index (χ4n) is 1.27. The molecule has 0 spiro atoms. The second kappa shape index (κ2) is 4.72. The highest BCUT2D eigenvalue weighted by molar-refractivity contribution is 6.58. The van der Waals surface area contributed by atoms with Crippen LogP contribution < -0.4 is 5.46 Å². The average molecular weight is 228 g/mol. The predicted octanol–water partition coefficient (Wildman–Crippen LogP) is 0.483. The van der Waals surface area contributed by atoms with Crippen LogP contribution in [-0.4, -0.2) is 22.9 Å². The van der Waals surface area contributed by atoms with Crippen LogP contribution in [0.15, 0.2) is 12.1 Å². The third-order valence-corrected chi connectivity index (χ3v) is 2.13. The molecule has 0 unspecified atom stereocenters. The minimum atomic E-state index is -1.97. The summed E-state index contributed by atoms with van der Waals surface area (Å²) in [6.45, 7) is 3.05. The predicted molar refractivity (Wildman–Crippen MR) is 55.4 cm³/mol. The Morgan fingerprint density at radius 2 is 1.69 bits per heavy atom. The van der Waals surface area contributed by atoms with Crippen LogP contribution in [0.1, 0.15) is 24.2 Å². The molecule has 0 amide bonds. The smallest absolute Gasteiger partial charge is 0.423 e. The molecule has 0 fully saturated rings. The largest absolute Gasteiger partial charge is 0.488 e. The zero-order valence-corrected chi connectivity index (χ0v) is 8.87. The monoisotopic (exact) mass is 228 g/mol. The Kier molecular flexibility index (Phi) is 3.77. The zero-order chi connectivity index (χ0) is 12.5. The minimum Gasteiger partial charge on any atom is -0.423 e. The third kappa shape index (κ3) is 2.45. The van der Waals surface area contributed by atoms with E-state index in [0.29, 0.717) is 0 Å². The Morgan fingerprint density at radius 3 is 2.00 bits per heavy atom. The number of benzene rings is 1. The standard InChI is InChI=1S/C10H11BF2O3/c1-5(2)10(14)9-7(12)3-6(11(15)16)4-8(9)13/h3-5,15-16H,1-2H3. The van der Waals surface area contributed by atoms with Crippen LogP contribution in [0.25, 0.3) is 0 Å². The van der Waals surface area contributed by atoms with Crippen molar-refractivity contribution in [3.63, 3.8) is 0 Å². The van der Waals surface area contributed by atoms with E-state index in [0.717, 1.165) is 12.1 Å². The van der Waals surface area contributed by atoms with Crippen molar-refractivity contribution >= 4 is 18.4 Å². The van der Waals surface area contributed by atoms with E-state index in [2.05, 4.69) is 0 Å². The first-order chi connectivity index (χ1) is 7.34. The van der Waals surface area contributed by atoms with Gasteiger partial charge in [-0.2, -0.15) is 0 Å². The summed E-state index contributed by atoms with van der Waals surface area (Å²) < 4.78 is 26.8. The fourth-order valence-corrected chi connectivity index (χ4v) is 1.27. The summed E-state index contributed by atoms with van der Waals surface area (Å²) in [5, 5.41) is 17.5. The number of halogens is 2. The molecule has 16 heavy (non-hydrogen) atoms. The van der Waals surface area contributed by atoms with Crippen LogP contribution in [0.2, 0.25) is 0 Å². The topological polar surface area (TPSA) is 57.5 Å². The van der Waals surface area contributed by atoms with Crippen molar-refractivity contribution in [2.75, 3.05) is 0 Å². The number of carbonyl (C=O) groups excluding carboxylic acids is 1. The lowest BCUT2D eigenvalue weighted by molar-refractivity contribution is 0.0931. The van der Waals surface area contributed by atoms with Crippen molar-refractivity contribution in [3.8, 4) is 0 Å². The molecule has 0 heterocycles. The van der Waals surface area contributed by atoms with Gasteiger partial charge in [-0.3, -0.25) is 4.79 Å². The van der Waals surface area contributed by atoms with Gasteiger partial charge >= 0.3 is 7.12 Å². The number of Topliss-reactive ketones (excluding diaryl/α,β-unsaturated/α-hetero) is 1. The molecule has 0 radical (unpaired) electrons. The number of hydrogen-bond acceptors (Lipinski definition) is 3. The Balaban J connectivity index is 3.28. The molecule has 0 aliphatic carbocycles. The highest BCUT2D eigenvalue weighted by Crippen LogP contribution is 2.15. The molecule has 1 aromatic carbocycles. The van der Waals surface area contributed by atoms with Crippen LogP contribution in [0.3, 0.4) is 0 Å². The highest BCUT2D eigenvalue weighted by atomic mass is 19.1. The van der Waals surface area contributed by atoms with Gasteiger partial charge in [-0.25, -0.2) is 8.78 Å². The molecule has 1 aromatic rings. The second-order valence-corrected chi connectivity index (χ2v) is 3.75. The van der Waals surface area contributed by atoms with Crippen molar-refractivity contribution < 1.29 is 23.6 Å². The summed E-state index contributed by atoms with van der Waals surface area (Å²) in [5.41, 5.74) is -0.963. The Bertz CT molecular complexity index is 396. The van der Waals surface area contributed by atoms with Crippen molar-refractivity contribution in [2.45, 2.75) is 13.8 Å². The summed E-state index contributed by atoms with van der Waals surface area (Å²) in [4.78, 5) is 11.5. The molecule has 0 saturated carbocycles. The van der Waals surface area contributed by atoms with E-state index in [1.807, 2.05) is 0 Å². The SMILES string of the molecule is CC(C)C(=O)c1c(F)cc(B(O)O)cc1F. The van der Waals surface area contributed by atoms with E-state index in [4.69, 9.17) is 10.0 Å². The lowest BCUT2D eigenvalue weighted by Crippen LogP contribution is -2.31. The van der Waals surface area contributed by atoms with Gasteiger partial charge in [-0.1, -0.05) is 13.8 Å². The maximum atomic E-state index is 13.4. The maximum absolute atomic E-state index is 13.4. The third-order valence-electron chi connectivity index (χ3n) is 2.13. The average Bonchev–Trinajstić information content (AvgIpc) is 2.15. The van der Waals surface area contributed by atoms with Crippen molar-refractivity contribution in [1.82, 2.24) is 0 Å². The fraction of sp³-hybridized carbons (Fsp3) is 0.300. The van der Waals surface area contributed by atoms with Gasteiger partial charge in [-0.05, 0) is 17.6 Å². The number of hydrogen-bond donors (Lipinski definition) is 2. The van der Waals surface area contributed by atoms with E-state index < -0.39 is 36.0 Å². The van der Waals surface area contributed by atoms with E-state index in [-0.39, 0.29) is 5.46 Å². The van der Waals surface area contributed by atoms with Crippen molar-refractivity contribution in [3.05, 3.63) is 29.3 Å². The molecule has 3 nitrogen and oxygen atoms in total. The molecule has 0 saturated heterocycles. The van der Waals surface area contributed by atoms with E-state index >= 15 is 0 Å². The summed E-state index contributed by atoms with van der Waals surface area (Å²) >= 11 is 0. The van der Waals surface area contributed by atoms with Gasteiger partial charge < -0.3 is 10.0 Å². The Morgan fingerprint density at radius 1 is 1.25 bits per heavy atom. The molecule has 0 aromatic heterocycles. The first-order valence-corrected chi connectivity index (χ1v) is 4.74. The zero-order valence-electron chi connectivity index (χ0n) is 8.87. The Hall–Kier alpha value is -1.27. The first kappa shape index (κ1) is 12.8. The molecule has 0 bridgehead atoms. The highest BCUT2D eigenvalue weighted by Gasteiger charge is 2.23. The van der Waals surface area contributed by atoms with Gasteiger partial charge in [0.25, 0.3) is 0 Å². The molecule has 0 aliphatic rings. The molecule has 6 heteroatoms. The van der Waals surface area contributed by atoms with Crippen LogP contribution in [0.4, 0.5) is 8.78 Å². The van der Waals surface area contributed by atoms with Gasteiger partial charge in [0, 0.05) is 5.92 Å². The normalized spacial score (nSPS) is 10.7. The molecule has 1 rings (SSSR count). The molecule has 86 valence electrons. The van der Waals surface area contributed by atoms with Crippen molar-refractivity contribution in [2.24, 2.45) is 5.92 Å². The summed E-state index contributed by atoms with van der Waals surface area (Å²) in [6.07, 6.45) is 0. The van der Waals surface area contributed by atoms with Gasteiger partial charge in [0.2, 0.25) is 0 Å². The molecule has 0 aliphatic heterocycles. The van der Waals surface area contributed by atoms with Crippen LogP contribution in [0, 0.1) is 17.6 Å². The summed E-state index contributed by atoms with van der Waals surface area (Å²) in [5.74, 6) is -3.36. The van der Waals surface area contributed by atoms with E-state index in [1.165, 1.54) is 13.8 Å². The number of carbonyl (C=O) groups is 1. The number of ketones is 1. The quantitative estimate of drug-likeness (QED) is 0.584. The summed E-state index contributed by atoms with van der Waals surface area (Å²) in [7, 11) is -1.97. The summed E-state index contributed by atoms with van der Waals surface area (Å²) in [6, 6.07) is 1.48.